The van der Waals surface area contributed by atoms with Crippen LogP contribution >= 0.6 is 23.2 Å². The normalized spacial score (nSPS) is 11.1. The Balaban J connectivity index is 0.000000224. The minimum Gasteiger partial charge on any atom is -0.506 e. The van der Waals surface area contributed by atoms with Gasteiger partial charge in [0.2, 0.25) is 34.4 Å². The van der Waals surface area contributed by atoms with Gasteiger partial charge >= 0.3 is 0 Å². The van der Waals surface area contributed by atoms with E-state index in [0.717, 1.165) is 47.5 Å². The minimum atomic E-state index is -0.613. The molecule has 0 aliphatic heterocycles. The van der Waals surface area contributed by atoms with Gasteiger partial charge < -0.3 is 42.5 Å². The Hall–Kier alpha value is -8.65. The number of azo groups is 2. The summed E-state index contributed by atoms with van der Waals surface area (Å²) in [6.45, 7) is 7.21. The van der Waals surface area contributed by atoms with Gasteiger partial charge in [-0.3, -0.25) is 20.2 Å². The second-order valence-electron chi connectivity index (χ2n) is 14.7. The van der Waals surface area contributed by atoms with Gasteiger partial charge in [-0.05, 0) is 120 Å². The fourth-order valence-electron chi connectivity index (χ4n) is 6.75. The van der Waals surface area contributed by atoms with E-state index in [4.69, 9.17) is 34.7 Å². The van der Waals surface area contributed by atoms with Crippen molar-refractivity contribution in [2.45, 2.75) is 27.7 Å². The molecule has 0 atom stereocenters. The minimum absolute atomic E-state index is 0. The van der Waals surface area contributed by atoms with Crippen molar-refractivity contribution in [1.29, 1.82) is 0 Å². The molecule has 2 heterocycles. The summed E-state index contributed by atoms with van der Waals surface area (Å²) < 4.78 is 0. The Morgan fingerprint density at radius 2 is 0.928 bits per heavy atom. The molecule has 8 aromatic rings. The molecule has 0 aliphatic carbocycles. The second-order valence-corrected chi connectivity index (χ2v) is 15.4. The number of nitrogens with two attached hydrogens (primary N) is 2. The average molecular weight is 1020 g/mol. The number of nitrogens with one attached hydrogen (secondary N) is 2. The maximum Gasteiger partial charge on any atom is 0.271 e. The quantitative estimate of drug-likeness (QED) is 0.0358. The third-order valence-corrected chi connectivity index (χ3v) is 9.98. The van der Waals surface area contributed by atoms with E-state index in [1.54, 1.807) is 38.1 Å². The molecule has 0 aliphatic rings. The summed E-state index contributed by atoms with van der Waals surface area (Å²) in [5, 5.41) is 88.2. The first-order chi connectivity index (χ1) is 32.2. The Labute approximate surface area is 408 Å². The van der Waals surface area contributed by atoms with Crippen molar-refractivity contribution in [3.05, 3.63) is 126 Å². The molecule has 10 N–H and O–H groups in total. The number of nitro groups is 2. The van der Waals surface area contributed by atoms with Crippen molar-refractivity contribution in [3.8, 4) is 23.0 Å². The van der Waals surface area contributed by atoms with Crippen molar-refractivity contribution in [2.75, 3.05) is 22.1 Å². The third kappa shape index (κ3) is 11.3. The Kier molecular flexibility index (Phi) is 14.8. The number of nitrogen functional groups attached to an aromatic ring is 2. The van der Waals surface area contributed by atoms with E-state index in [0.29, 0.717) is 44.0 Å². The van der Waals surface area contributed by atoms with Gasteiger partial charge in [-0.1, -0.05) is 12.1 Å². The molecule has 69 heavy (non-hydrogen) atoms. The summed E-state index contributed by atoms with van der Waals surface area (Å²) in [4.78, 5) is 44.2. The smallest absolute Gasteiger partial charge is 0.271 e. The number of hydrogen-bond donors (Lipinski definition) is 8. The van der Waals surface area contributed by atoms with E-state index < -0.39 is 9.85 Å². The molecular formula is C42H34Cl2CoN16O8. The fraction of sp³-hybridized carbons (Fsp3) is 0.0952. The molecule has 24 nitrogen and oxygen atoms in total. The number of halogens is 2. The van der Waals surface area contributed by atoms with Gasteiger partial charge in [0.25, 0.3) is 11.4 Å². The summed E-state index contributed by atoms with van der Waals surface area (Å²) >= 11 is 11.7. The van der Waals surface area contributed by atoms with Crippen LogP contribution in [0, 0.1) is 47.9 Å². The van der Waals surface area contributed by atoms with Crippen LogP contribution in [0.25, 0.3) is 21.5 Å². The number of benzene rings is 6. The van der Waals surface area contributed by atoms with Crippen molar-refractivity contribution < 1.29 is 47.1 Å². The molecule has 8 rings (SSSR count). The SMILES string of the molecule is Cc1cc(Nc2nc(N)nc(Cl)n2)c2c(O)c(N=Nc3cc([N+](=O)[O-])ccc3O)c(C)cc2c1.Cc1cc(Nc2nc(N)nc(Cl)n2)c2c(O)c(N=Nc3cc([N+](=O)[O-])ccc3O)c(C)cc2c1.[Co]. The fourth-order valence-corrected chi connectivity index (χ4v) is 7.08. The first kappa shape index (κ1) is 49.8. The maximum absolute atomic E-state index is 11.1. The third-order valence-electron chi connectivity index (χ3n) is 9.64. The summed E-state index contributed by atoms with van der Waals surface area (Å²) in [6.07, 6.45) is 0. The van der Waals surface area contributed by atoms with Gasteiger partial charge in [-0.25, -0.2) is 0 Å². The predicted octanol–water partition coefficient (Wildman–Crippen LogP) is 10.7. The molecule has 27 heteroatoms. The Bertz CT molecular complexity index is 3180. The zero-order chi connectivity index (χ0) is 49.1. The number of aromatic hydroxyl groups is 4. The van der Waals surface area contributed by atoms with Gasteiger partial charge in [-0.2, -0.15) is 29.9 Å². The Morgan fingerprint density at radius 3 is 1.28 bits per heavy atom. The molecule has 0 spiro atoms. The van der Waals surface area contributed by atoms with Gasteiger partial charge in [0.1, 0.15) is 34.2 Å². The van der Waals surface area contributed by atoms with Crippen molar-refractivity contribution in [1.82, 2.24) is 29.9 Å². The van der Waals surface area contributed by atoms with Gasteiger partial charge in [0.05, 0.1) is 21.2 Å². The molecule has 2 aromatic heterocycles. The standard InChI is InChI=1S/2C21H17ClN8O4.Co/c2*1-9-5-11-7-10(2)17(29-28-13-8-12(30(33)34)3-4-15(13)31)18(32)16(11)14(6-9)24-21-26-19(22)25-20(23)27-21;/h2*3-8,31-32H,1-2H3,(H3,23,24,25,26,27);. The number of nitrogens with zero attached hydrogens (tertiary/aromatic N) is 12. The van der Waals surface area contributed by atoms with Crippen LogP contribution in [-0.2, 0) is 16.8 Å². The number of non-ortho nitro benzene ring substituents is 2. The van der Waals surface area contributed by atoms with E-state index >= 15 is 0 Å². The summed E-state index contributed by atoms with van der Waals surface area (Å²) in [5.74, 6) is -1.01. The first-order valence-electron chi connectivity index (χ1n) is 19.4. The molecule has 6 aromatic carbocycles. The van der Waals surface area contributed by atoms with E-state index in [1.807, 2.05) is 26.0 Å². The topological polar surface area (TPSA) is 370 Å². The molecule has 0 fully saturated rings. The molecular weight excluding hydrogens is 986 g/mol. The van der Waals surface area contributed by atoms with Crippen LogP contribution < -0.4 is 22.1 Å². The molecule has 0 amide bonds. The number of phenolic OH excluding ortho intramolecular Hbond substituents is 4. The van der Waals surface area contributed by atoms with Crippen LogP contribution in [0.2, 0.25) is 10.6 Å². The number of hydrogen-bond acceptors (Lipinski definition) is 22. The maximum atomic E-state index is 11.1. The number of nitro benzene ring substituents is 2. The van der Waals surface area contributed by atoms with Crippen LogP contribution in [0.5, 0.6) is 23.0 Å². The number of fused-ring (bicyclic) bond motifs is 2. The molecule has 0 bridgehead atoms. The Morgan fingerprint density at radius 1 is 0.551 bits per heavy atom. The van der Waals surface area contributed by atoms with Crippen LogP contribution in [0.15, 0.2) is 93.3 Å². The number of rotatable bonds is 10. The number of phenols is 4. The number of aryl methyl sites for hydroxylation is 4. The predicted molar refractivity (Wildman–Crippen MR) is 253 cm³/mol. The number of aromatic nitrogens is 6. The zero-order valence-electron chi connectivity index (χ0n) is 36.0. The zero-order valence-corrected chi connectivity index (χ0v) is 38.5. The van der Waals surface area contributed by atoms with Crippen molar-refractivity contribution >= 4 is 114 Å². The van der Waals surface area contributed by atoms with Gasteiger partial charge in [0.15, 0.2) is 11.5 Å². The molecule has 1 radical (unpaired) electrons. The molecule has 0 saturated carbocycles. The van der Waals surface area contributed by atoms with Gasteiger partial charge in [-0.15, -0.1) is 20.5 Å². The van der Waals surface area contributed by atoms with Crippen LogP contribution in [0.1, 0.15) is 22.3 Å². The molecule has 0 unspecified atom stereocenters. The largest absolute Gasteiger partial charge is 0.506 e. The van der Waals surface area contributed by atoms with E-state index in [1.165, 1.54) is 0 Å². The van der Waals surface area contributed by atoms with Crippen molar-refractivity contribution in [3.63, 3.8) is 0 Å². The molecule has 0 saturated heterocycles. The van der Waals surface area contributed by atoms with Crippen LogP contribution in [-0.4, -0.2) is 60.2 Å². The van der Waals surface area contributed by atoms with Crippen LogP contribution in [0.4, 0.5) is 69.3 Å². The average Bonchev–Trinajstić information content (AvgIpc) is 3.23. The first-order valence-corrected chi connectivity index (χ1v) is 20.2. The summed E-state index contributed by atoms with van der Waals surface area (Å²) in [7, 11) is 0. The molecule has 353 valence electrons. The monoisotopic (exact) mass is 1020 g/mol. The van der Waals surface area contributed by atoms with E-state index in [9.17, 15) is 40.7 Å². The number of anilines is 6. The van der Waals surface area contributed by atoms with E-state index in [-0.39, 0.29) is 108 Å². The van der Waals surface area contributed by atoms with Crippen molar-refractivity contribution in [2.24, 2.45) is 20.5 Å². The second kappa shape index (κ2) is 20.5. The van der Waals surface area contributed by atoms with Crippen LogP contribution in [0.3, 0.4) is 0 Å². The van der Waals surface area contributed by atoms with E-state index in [2.05, 4.69) is 61.0 Å². The van der Waals surface area contributed by atoms with Gasteiger partial charge in [0, 0.05) is 51.8 Å². The summed E-state index contributed by atoms with van der Waals surface area (Å²) in [6, 6.07) is 17.6. The summed E-state index contributed by atoms with van der Waals surface area (Å²) in [5.41, 5.74) is 14.6.